The van der Waals surface area contributed by atoms with E-state index in [1.165, 1.54) is 24.3 Å². The molecule has 0 aliphatic carbocycles. The van der Waals surface area contributed by atoms with E-state index in [4.69, 9.17) is 4.42 Å². The molecular formula is C16H12FN3O4S. The highest BCUT2D eigenvalue weighted by atomic mass is 32.2. The van der Waals surface area contributed by atoms with Crippen molar-refractivity contribution in [3.05, 3.63) is 66.3 Å². The molecule has 0 bridgehead atoms. The number of aromatic nitrogens is 2. The Morgan fingerprint density at radius 1 is 1.16 bits per heavy atom. The van der Waals surface area contributed by atoms with Gasteiger partial charge in [0.2, 0.25) is 22.3 Å². The lowest BCUT2D eigenvalue weighted by Crippen LogP contribution is -2.30. The summed E-state index contributed by atoms with van der Waals surface area (Å²) in [6, 6.07) is 11.2. The van der Waals surface area contributed by atoms with Crippen molar-refractivity contribution in [1.29, 1.82) is 0 Å². The lowest BCUT2D eigenvalue weighted by atomic mass is 10.1. The van der Waals surface area contributed by atoms with Gasteiger partial charge in [0.05, 0.1) is 6.54 Å². The minimum Gasteiger partial charge on any atom is -0.423 e. The molecule has 2 aromatic carbocycles. The van der Waals surface area contributed by atoms with Crippen LogP contribution in [0.1, 0.15) is 10.4 Å². The van der Waals surface area contributed by atoms with E-state index in [9.17, 15) is 17.6 Å². The molecule has 1 heterocycles. The Balaban J connectivity index is 1.75. The van der Waals surface area contributed by atoms with E-state index in [0.29, 0.717) is 5.56 Å². The van der Waals surface area contributed by atoms with E-state index in [1.54, 1.807) is 12.1 Å². The van der Waals surface area contributed by atoms with E-state index in [0.717, 1.165) is 18.5 Å². The Kier molecular flexibility index (Phi) is 4.68. The third-order valence-electron chi connectivity index (χ3n) is 3.34. The molecule has 1 N–H and O–H groups in total. The Hall–Kier alpha value is -2.91. The Morgan fingerprint density at radius 2 is 1.96 bits per heavy atom. The summed E-state index contributed by atoms with van der Waals surface area (Å²) in [5.41, 5.74) is 0.784. The molecule has 7 nitrogen and oxygen atoms in total. The van der Waals surface area contributed by atoms with E-state index in [-0.39, 0.29) is 11.5 Å². The lowest BCUT2D eigenvalue weighted by molar-refractivity contribution is 0.0997. The molecule has 3 aromatic rings. The summed E-state index contributed by atoms with van der Waals surface area (Å²) in [5, 5.41) is 7.30. The normalized spacial score (nSPS) is 11.4. The van der Waals surface area contributed by atoms with E-state index >= 15 is 0 Å². The maximum Gasteiger partial charge on any atom is 0.247 e. The van der Waals surface area contributed by atoms with Gasteiger partial charge in [-0.2, -0.15) is 0 Å². The number of carbonyl (C=O) groups is 1. The van der Waals surface area contributed by atoms with Gasteiger partial charge in [-0.3, -0.25) is 4.79 Å². The first kappa shape index (κ1) is 16.9. The molecule has 9 heteroatoms. The van der Waals surface area contributed by atoms with Crippen molar-refractivity contribution in [2.45, 2.75) is 4.90 Å². The third-order valence-corrected chi connectivity index (χ3v) is 4.77. The average molecular weight is 361 g/mol. The van der Waals surface area contributed by atoms with Crippen molar-refractivity contribution in [3.8, 4) is 11.5 Å². The number of halogens is 1. The molecule has 0 amide bonds. The van der Waals surface area contributed by atoms with Crippen LogP contribution in [0.25, 0.3) is 11.5 Å². The number of benzene rings is 2. The van der Waals surface area contributed by atoms with Crippen LogP contribution in [-0.4, -0.2) is 30.9 Å². The maximum atomic E-state index is 13.6. The van der Waals surface area contributed by atoms with Crippen LogP contribution in [0.3, 0.4) is 0 Å². The van der Waals surface area contributed by atoms with Gasteiger partial charge < -0.3 is 4.42 Å². The second kappa shape index (κ2) is 6.91. The largest absolute Gasteiger partial charge is 0.423 e. The molecule has 1 aromatic heterocycles. The van der Waals surface area contributed by atoms with Crippen LogP contribution in [-0.2, 0) is 10.0 Å². The molecule has 0 aliphatic rings. The van der Waals surface area contributed by atoms with Crippen LogP contribution in [0.2, 0.25) is 0 Å². The minimum absolute atomic E-state index is 0.238. The van der Waals surface area contributed by atoms with Gasteiger partial charge in [-0.15, -0.1) is 10.2 Å². The molecule has 0 atom stereocenters. The molecular weight excluding hydrogens is 349 g/mol. The quantitative estimate of drug-likeness (QED) is 0.674. The molecule has 3 rings (SSSR count). The fraction of sp³-hybridized carbons (Fsp3) is 0.0625. The first-order chi connectivity index (χ1) is 12.0. The zero-order chi connectivity index (χ0) is 17.9. The smallest absolute Gasteiger partial charge is 0.247 e. The second-order valence-corrected chi connectivity index (χ2v) is 6.74. The summed E-state index contributed by atoms with van der Waals surface area (Å²) in [6.45, 7) is -0.510. The summed E-state index contributed by atoms with van der Waals surface area (Å²) >= 11 is 0. The lowest BCUT2D eigenvalue weighted by Gasteiger charge is -2.07. The first-order valence-electron chi connectivity index (χ1n) is 7.11. The van der Waals surface area contributed by atoms with Crippen LogP contribution >= 0.6 is 0 Å². The highest BCUT2D eigenvalue weighted by molar-refractivity contribution is 7.89. The molecule has 128 valence electrons. The minimum atomic E-state index is -4.13. The van der Waals surface area contributed by atoms with Gasteiger partial charge in [-0.05, 0) is 24.3 Å². The van der Waals surface area contributed by atoms with Gasteiger partial charge >= 0.3 is 0 Å². The van der Waals surface area contributed by atoms with Crippen LogP contribution in [0.15, 0.2) is 64.2 Å². The zero-order valence-electron chi connectivity index (χ0n) is 12.7. The van der Waals surface area contributed by atoms with E-state index in [2.05, 4.69) is 14.9 Å². The molecule has 25 heavy (non-hydrogen) atoms. The molecule has 0 saturated heterocycles. The predicted molar refractivity (Wildman–Crippen MR) is 85.7 cm³/mol. The average Bonchev–Trinajstić information content (AvgIpc) is 3.15. The second-order valence-electron chi connectivity index (χ2n) is 5.00. The molecule has 0 saturated carbocycles. The van der Waals surface area contributed by atoms with Crippen molar-refractivity contribution >= 4 is 15.8 Å². The van der Waals surface area contributed by atoms with Crippen molar-refractivity contribution in [2.75, 3.05) is 6.54 Å². The van der Waals surface area contributed by atoms with Gasteiger partial charge in [-0.1, -0.05) is 24.3 Å². The summed E-state index contributed by atoms with van der Waals surface area (Å²) in [7, 11) is -4.13. The van der Waals surface area contributed by atoms with E-state index < -0.39 is 33.1 Å². The number of Topliss-reactive ketones (excluding diaryl/α,β-unsaturated/α-hetero) is 1. The van der Waals surface area contributed by atoms with Crippen LogP contribution < -0.4 is 4.72 Å². The van der Waals surface area contributed by atoms with Crippen LogP contribution in [0.5, 0.6) is 0 Å². The van der Waals surface area contributed by atoms with Gasteiger partial charge in [0, 0.05) is 11.1 Å². The van der Waals surface area contributed by atoms with Crippen molar-refractivity contribution in [3.63, 3.8) is 0 Å². The summed E-state index contributed by atoms with van der Waals surface area (Å²) < 4.78 is 45.0. The molecule has 0 spiro atoms. The number of rotatable bonds is 6. The molecule has 0 fully saturated rings. The number of ketones is 1. The fourth-order valence-corrected chi connectivity index (χ4v) is 3.19. The Bertz CT molecular complexity index is 1000. The highest BCUT2D eigenvalue weighted by Gasteiger charge is 2.20. The molecule has 0 radical (unpaired) electrons. The summed E-state index contributed by atoms with van der Waals surface area (Å²) in [5.74, 6) is -1.14. The van der Waals surface area contributed by atoms with Gasteiger partial charge in [0.15, 0.2) is 5.78 Å². The van der Waals surface area contributed by atoms with Crippen LogP contribution in [0, 0.1) is 5.82 Å². The Morgan fingerprint density at radius 3 is 2.68 bits per heavy atom. The monoisotopic (exact) mass is 361 g/mol. The number of hydrogen-bond donors (Lipinski definition) is 1. The third kappa shape index (κ3) is 3.78. The van der Waals surface area contributed by atoms with Crippen molar-refractivity contribution < 1.29 is 22.0 Å². The zero-order valence-corrected chi connectivity index (χ0v) is 13.5. The van der Waals surface area contributed by atoms with Gasteiger partial charge in [0.25, 0.3) is 0 Å². The SMILES string of the molecule is O=C(CNS(=O)(=O)c1ccccc1F)c1cccc(-c2nnco2)c1. The van der Waals surface area contributed by atoms with Crippen molar-refractivity contribution in [1.82, 2.24) is 14.9 Å². The molecule has 0 aliphatic heterocycles. The Labute approximate surface area is 142 Å². The first-order valence-corrected chi connectivity index (χ1v) is 8.60. The fourth-order valence-electron chi connectivity index (χ4n) is 2.13. The van der Waals surface area contributed by atoms with Gasteiger partial charge in [-0.25, -0.2) is 17.5 Å². The summed E-state index contributed by atoms with van der Waals surface area (Å²) in [4.78, 5) is 11.7. The number of nitrogens with zero attached hydrogens (tertiary/aromatic N) is 2. The number of hydrogen-bond acceptors (Lipinski definition) is 6. The van der Waals surface area contributed by atoms with Crippen LogP contribution in [0.4, 0.5) is 4.39 Å². The molecule has 0 unspecified atom stereocenters. The topological polar surface area (TPSA) is 102 Å². The van der Waals surface area contributed by atoms with E-state index in [1.807, 2.05) is 0 Å². The number of carbonyl (C=O) groups excluding carboxylic acids is 1. The van der Waals surface area contributed by atoms with Crippen molar-refractivity contribution in [2.24, 2.45) is 0 Å². The highest BCUT2D eigenvalue weighted by Crippen LogP contribution is 2.18. The standard InChI is InChI=1S/C16H12FN3O4S/c17-13-6-1-2-7-15(13)25(22,23)19-9-14(21)11-4-3-5-12(8-11)16-20-18-10-24-16/h1-8,10,19H,9H2. The maximum absolute atomic E-state index is 13.6. The number of sulfonamides is 1. The van der Waals surface area contributed by atoms with Gasteiger partial charge in [0.1, 0.15) is 10.7 Å². The predicted octanol–water partition coefficient (Wildman–Crippen LogP) is 2.04. The summed E-state index contributed by atoms with van der Waals surface area (Å²) in [6.07, 6.45) is 1.16. The number of nitrogens with one attached hydrogen (secondary N) is 1.